The molecule has 0 saturated heterocycles. The molecule has 264 valence electrons. The lowest BCUT2D eigenvalue weighted by molar-refractivity contribution is 0.967. The fraction of sp³-hybridized carbons (Fsp3) is 0.0385. The highest BCUT2D eigenvalue weighted by Gasteiger charge is 2.21. The molecule has 0 radical (unpaired) electrons. The van der Waals surface area contributed by atoms with Gasteiger partial charge in [0.2, 0.25) is 5.95 Å². The minimum atomic E-state index is 0.653. The number of aryl methyl sites for hydroxylation is 1. The summed E-state index contributed by atoms with van der Waals surface area (Å²) in [4.78, 5) is 10.4. The van der Waals surface area contributed by atoms with Crippen molar-refractivity contribution in [3.8, 4) is 56.4 Å². The van der Waals surface area contributed by atoms with Gasteiger partial charge in [-0.05, 0) is 89.2 Å². The van der Waals surface area contributed by atoms with Crippen LogP contribution >= 0.6 is 0 Å². The summed E-state index contributed by atoms with van der Waals surface area (Å²) in [6.45, 7) is 0. The number of para-hydroxylation sites is 1. The van der Waals surface area contributed by atoms with Crippen LogP contribution in [-0.4, -0.2) is 19.1 Å². The van der Waals surface area contributed by atoms with E-state index in [1.165, 1.54) is 60.9 Å². The van der Waals surface area contributed by atoms with Crippen molar-refractivity contribution in [2.45, 2.75) is 12.8 Å². The maximum absolute atomic E-state index is 5.22. The standard InChI is InChI=1S/C52H36N4/c1-4-14-35(15-5-1)36-24-28-41(29-25-36)55-48-22-12-10-20-42(48)44-30-26-40(33-51(44)55)39-27-31-50-45(32-39)43-21-11-13-23-49(43)56(50)52-53-46(37-16-6-2-7-17-37)34-47(54-52)38-18-8-3-9-19-38/h1-9,11-19,21-34H,10,20H2. The number of aromatic nitrogens is 4. The number of allylic oxidation sites excluding steroid dienone is 1. The molecule has 7 aromatic carbocycles. The van der Waals surface area contributed by atoms with Gasteiger partial charge >= 0.3 is 0 Å². The molecule has 0 fully saturated rings. The van der Waals surface area contributed by atoms with Gasteiger partial charge in [-0.2, -0.15) is 0 Å². The van der Waals surface area contributed by atoms with Crippen LogP contribution in [0.1, 0.15) is 17.7 Å². The summed E-state index contributed by atoms with van der Waals surface area (Å²) in [6, 6.07) is 64.9. The van der Waals surface area contributed by atoms with Gasteiger partial charge in [-0.15, -0.1) is 0 Å². The van der Waals surface area contributed by atoms with Crippen molar-refractivity contribution in [2.24, 2.45) is 0 Å². The van der Waals surface area contributed by atoms with Crippen molar-refractivity contribution < 1.29 is 0 Å². The highest BCUT2D eigenvalue weighted by atomic mass is 15.2. The smallest absolute Gasteiger partial charge is 0.235 e. The molecule has 1 aliphatic carbocycles. The fourth-order valence-corrected chi connectivity index (χ4v) is 8.54. The van der Waals surface area contributed by atoms with Crippen LogP contribution in [0.4, 0.5) is 0 Å². The van der Waals surface area contributed by atoms with Crippen LogP contribution in [0.2, 0.25) is 0 Å². The average Bonchev–Trinajstić information content (AvgIpc) is 3.79. The SMILES string of the molecule is C1=Cc2c(c3ccc(-c4ccc5c(c4)c4ccccc4n5-c4nc(-c5ccccc5)cc(-c5ccccc5)n4)cc3n2-c2ccc(-c3ccccc3)cc2)CC1. The quantitative estimate of drug-likeness (QED) is 0.172. The van der Waals surface area contributed by atoms with Crippen molar-refractivity contribution in [3.63, 3.8) is 0 Å². The van der Waals surface area contributed by atoms with Crippen LogP contribution in [0, 0.1) is 0 Å². The van der Waals surface area contributed by atoms with Gasteiger partial charge in [-0.25, -0.2) is 9.97 Å². The molecule has 0 amide bonds. The summed E-state index contributed by atoms with van der Waals surface area (Å²) in [5.41, 5.74) is 15.9. The third-order valence-electron chi connectivity index (χ3n) is 11.2. The Bertz CT molecular complexity index is 3040. The molecule has 0 bridgehead atoms. The summed E-state index contributed by atoms with van der Waals surface area (Å²) < 4.78 is 4.67. The van der Waals surface area contributed by atoms with E-state index >= 15 is 0 Å². The third-order valence-corrected chi connectivity index (χ3v) is 11.2. The number of hydrogen-bond acceptors (Lipinski definition) is 2. The summed E-state index contributed by atoms with van der Waals surface area (Å²) in [5.74, 6) is 0.653. The third kappa shape index (κ3) is 5.38. The molecule has 56 heavy (non-hydrogen) atoms. The second-order valence-electron chi connectivity index (χ2n) is 14.5. The van der Waals surface area contributed by atoms with E-state index in [1.54, 1.807) is 0 Å². The Morgan fingerprint density at radius 3 is 1.68 bits per heavy atom. The molecule has 10 aromatic rings. The van der Waals surface area contributed by atoms with Crippen molar-refractivity contribution in [3.05, 3.63) is 199 Å². The van der Waals surface area contributed by atoms with Crippen LogP contribution in [0.25, 0.3) is 95.2 Å². The van der Waals surface area contributed by atoms with Gasteiger partial charge in [0.15, 0.2) is 0 Å². The Labute approximate surface area is 325 Å². The van der Waals surface area contributed by atoms with Crippen LogP contribution in [0.3, 0.4) is 0 Å². The van der Waals surface area contributed by atoms with Crippen molar-refractivity contribution in [1.29, 1.82) is 0 Å². The Morgan fingerprint density at radius 2 is 0.964 bits per heavy atom. The highest BCUT2D eigenvalue weighted by Crippen LogP contribution is 2.39. The maximum Gasteiger partial charge on any atom is 0.235 e. The van der Waals surface area contributed by atoms with E-state index in [4.69, 9.17) is 9.97 Å². The van der Waals surface area contributed by atoms with Crippen LogP contribution in [0.15, 0.2) is 188 Å². The lowest BCUT2D eigenvalue weighted by atomic mass is 9.98. The molecule has 0 atom stereocenters. The predicted molar refractivity (Wildman–Crippen MR) is 232 cm³/mol. The van der Waals surface area contributed by atoms with E-state index in [2.05, 4.69) is 191 Å². The van der Waals surface area contributed by atoms with Crippen LogP contribution in [0.5, 0.6) is 0 Å². The molecule has 0 saturated carbocycles. The molecule has 0 aliphatic heterocycles. The van der Waals surface area contributed by atoms with E-state index in [1.807, 2.05) is 12.1 Å². The second kappa shape index (κ2) is 13.2. The molecule has 3 heterocycles. The van der Waals surface area contributed by atoms with E-state index in [0.29, 0.717) is 5.95 Å². The van der Waals surface area contributed by atoms with E-state index in [9.17, 15) is 0 Å². The van der Waals surface area contributed by atoms with Crippen LogP contribution in [-0.2, 0) is 6.42 Å². The summed E-state index contributed by atoms with van der Waals surface area (Å²) in [5, 5.41) is 3.66. The Balaban J connectivity index is 1.07. The molecule has 4 nitrogen and oxygen atoms in total. The zero-order valence-electron chi connectivity index (χ0n) is 30.7. The number of fused-ring (bicyclic) bond motifs is 6. The average molecular weight is 717 g/mol. The second-order valence-corrected chi connectivity index (χ2v) is 14.5. The predicted octanol–water partition coefficient (Wildman–Crippen LogP) is 13.1. The van der Waals surface area contributed by atoms with Crippen molar-refractivity contribution >= 4 is 38.8 Å². The molecule has 1 aliphatic rings. The van der Waals surface area contributed by atoms with Gasteiger partial charge in [0.25, 0.3) is 0 Å². The zero-order valence-corrected chi connectivity index (χ0v) is 30.7. The van der Waals surface area contributed by atoms with Crippen LogP contribution < -0.4 is 0 Å². The number of rotatable bonds is 6. The molecule has 0 unspecified atom stereocenters. The number of hydrogen-bond donors (Lipinski definition) is 0. The van der Waals surface area contributed by atoms with E-state index in [0.717, 1.165) is 46.4 Å². The molecule has 0 spiro atoms. The first-order valence-electron chi connectivity index (χ1n) is 19.3. The topological polar surface area (TPSA) is 35.6 Å². The fourth-order valence-electron chi connectivity index (χ4n) is 8.54. The van der Waals surface area contributed by atoms with E-state index in [-0.39, 0.29) is 0 Å². The zero-order chi connectivity index (χ0) is 37.0. The van der Waals surface area contributed by atoms with Gasteiger partial charge in [-0.1, -0.05) is 146 Å². The number of nitrogens with zero attached hydrogens (tertiary/aromatic N) is 4. The van der Waals surface area contributed by atoms with Gasteiger partial charge in [0.1, 0.15) is 0 Å². The summed E-state index contributed by atoms with van der Waals surface area (Å²) >= 11 is 0. The first kappa shape index (κ1) is 32.2. The van der Waals surface area contributed by atoms with Gasteiger partial charge in [0, 0.05) is 38.7 Å². The lowest BCUT2D eigenvalue weighted by Gasteiger charge is -2.13. The summed E-state index contributed by atoms with van der Waals surface area (Å²) in [7, 11) is 0. The minimum absolute atomic E-state index is 0.653. The highest BCUT2D eigenvalue weighted by molar-refractivity contribution is 6.10. The van der Waals surface area contributed by atoms with Gasteiger partial charge in [-0.3, -0.25) is 4.57 Å². The Kier molecular flexibility index (Phi) is 7.59. The maximum atomic E-state index is 5.22. The minimum Gasteiger partial charge on any atom is -0.310 e. The van der Waals surface area contributed by atoms with Crippen molar-refractivity contribution in [2.75, 3.05) is 0 Å². The Hall–Kier alpha value is -7.30. The molecule has 0 N–H and O–H groups in total. The monoisotopic (exact) mass is 716 g/mol. The van der Waals surface area contributed by atoms with E-state index < -0.39 is 0 Å². The summed E-state index contributed by atoms with van der Waals surface area (Å²) in [6.07, 6.45) is 6.72. The van der Waals surface area contributed by atoms with Gasteiger partial charge in [0.05, 0.1) is 27.9 Å². The molecule has 4 heteroatoms. The largest absolute Gasteiger partial charge is 0.310 e. The van der Waals surface area contributed by atoms with Crippen molar-refractivity contribution in [1.82, 2.24) is 19.1 Å². The molecule has 11 rings (SSSR count). The molecule has 3 aromatic heterocycles. The molecular formula is C52H36N4. The first-order chi connectivity index (χ1) is 27.8. The first-order valence-corrected chi connectivity index (χ1v) is 19.3. The lowest BCUT2D eigenvalue weighted by Crippen LogP contribution is -2.03. The molecular weight excluding hydrogens is 681 g/mol. The number of benzene rings is 7. The van der Waals surface area contributed by atoms with Gasteiger partial charge < -0.3 is 4.57 Å². The normalized spacial score (nSPS) is 12.4. The Morgan fingerprint density at radius 1 is 0.393 bits per heavy atom.